The summed E-state index contributed by atoms with van der Waals surface area (Å²) in [6.07, 6.45) is 3.07. The van der Waals surface area contributed by atoms with E-state index in [0.29, 0.717) is 0 Å². The average molecular weight is 321 g/mol. The van der Waals surface area contributed by atoms with Gasteiger partial charge >= 0.3 is 6.09 Å². The lowest BCUT2D eigenvalue weighted by atomic mass is 9.80. The molecule has 0 aromatic heterocycles. The van der Waals surface area contributed by atoms with Crippen LogP contribution in [0.4, 0.5) is 9.18 Å². The summed E-state index contributed by atoms with van der Waals surface area (Å²) >= 11 is 0. The first-order valence-electron chi connectivity index (χ1n) is 7.86. The molecule has 2 N–H and O–H groups in total. The summed E-state index contributed by atoms with van der Waals surface area (Å²) in [5.74, 6) is -0.532. The number of alkyl carbamates (subject to hydrolysis) is 1. The van der Waals surface area contributed by atoms with E-state index in [2.05, 4.69) is 5.32 Å². The van der Waals surface area contributed by atoms with Gasteiger partial charge < -0.3 is 15.2 Å². The molecular weight excluding hydrogens is 297 g/mol. The average Bonchev–Trinajstić information content (AvgIpc) is 2.46. The minimum absolute atomic E-state index is 0.0936. The van der Waals surface area contributed by atoms with Gasteiger partial charge in [-0.25, -0.2) is 9.18 Å². The second-order valence-corrected chi connectivity index (χ2v) is 6.79. The molecule has 0 radical (unpaired) electrons. The smallest absolute Gasteiger partial charge is 0.407 e. The highest BCUT2D eigenvalue weighted by Gasteiger charge is 2.30. The zero-order chi connectivity index (χ0) is 17.0. The van der Waals surface area contributed by atoms with Crippen LogP contribution in [0.25, 0.3) is 5.57 Å². The third-order valence-corrected chi connectivity index (χ3v) is 3.80. The van der Waals surface area contributed by atoms with Crippen LogP contribution in [0.5, 0.6) is 0 Å². The molecule has 0 aliphatic heterocycles. The molecule has 23 heavy (non-hydrogen) atoms. The first kappa shape index (κ1) is 17.5. The molecule has 126 valence electrons. The van der Waals surface area contributed by atoms with Crippen molar-refractivity contribution in [3.05, 3.63) is 41.7 Å². The zero-order valence-electron chi connectivity index (χ0n) is 13.8. The van der Waals surface area contributed by atoms with Gasteiger partial charge in [0.05, 0.1) is 6.61 Å². The highest BCUT2D eigenvalue weighted by Crippen LogP contribution is 2.33. The Kier molecular flexibility index (Phi) is 5.42. The molecule has 0 bridgehead atoms. The second kappa shape index (κ2) is 7.13. The first-order chi connectivity index (χ1) is 10.8. The number of amides is 1. The summed E-state index contributed by atoms with van der Waals surface area (Å²) in [6, 6.07) is 5.98. The third kappa shape index (κ3) is 4.79. The van der Waals surface area contributed by atoms with Crippen molar-refractivity contribution in [1.82, 2.24) is 5.32 Å². The van der Waals surface area contributed by atoms with E-state index in [9.17, 15) is 14.3 Å². The van der Waals surface area contributed by atoms with Crippen molar-refractivity contribution in [2.24, 2.45) is 5.92 Å². The maximum absolute atomic E-state index is 13.1. The lowest BCUT2D eigenvalue weighted by Crippen LogP contribution is -2.45. The van der Waals surface area contributed by atoms with E-state index in [1.165, 1.54) is 12.1 Å². The Morgan fingerprint density at radius 2 is 2.00 bits per heavy atom. The molecule has 0 unspecified atom stereocenters. The van der Waals surface area contributed by atoms with Crippen LogP contribution in [-0.2, 0) is 4.74 Å². The Hall–Kier alpha value is -1.88. The Bertz CT molecular complexity index is 575. The molecule has 1 amide bonds. The van der Waals surface area contributed by atoms with Gasteiger partial charge in [0, 0.05) is 12.0 Å². The van der Waals surface area contributed by atoms with Crippen molar-refractivity contribution in [2.45, 2.75) is 45.3 Å². The van der Waals surface area contributed by atoms with Gasteiger partial charge in [-0.15, -0.1) is 0 Å². The van der Waals surface area contributed by atoms with Crippen molar-refractivity contribution >= 4 is 11.7 Å². The van der Waals surface area contributed by atoms with Gasteiger partial charge in [0.25, 0.3) is 0 Å². The van der Waals surface area contributed by atoms with Crippen LogP contribution in [0.3, 0.4) is 0 Å². The van der Waals surface area contributed by atoms with E-state index in [-0.39, 0.29) is 24.4 Å². The second-order valence-electron chi connectivity index (χ2n) is 6.79. The van der Waals surface area contributed by atoms with Gasteiger partial charge in [0.1, 0.15) is 11.4 Å². The number of carbonyl (C=O) groups is 1. The highest BCUT2D eigenvalue weighted by molar-refractivity contribution is 5.72. The van der Waals surface area contributed by atoms with Crippen LogP contribution in [-0.4, -0.2) is 29.4 Å². The number of aliphatic hydroxyl groups is 1. The maximum Gasteiger partial charge on any atom is 0.407 e. The SMILES string of the molecule is CC(C)(C)OC(=O)N[C@H]1CCC=C(c2ccc(F)cc2)[C@@H]1CO. The van der Waals surface area contributed by atoms with Crippen LogP contribution in [0, 0.1) is 11.7 Å². The van der Waals surface area contributed by atoms with Crippen LogP contribution >= 0.6 is 0 Å². The predicted octanol–water partition coefficient (Wildman–Crippen LogP) is 3.50. The lowest BCUT2D eigenvalue weighted by molar-refractivity contribution is 0.0479. The number of hydrogen-bond donors (Lipinski definition) is 2. The number of nitrogens with one attached hydrogen (secondary N) is 1. The maximum atomic E-state index is 13.1. The summed E-state index contributed by atoms with van der Waals surface area (Å²) < 4.78 is 18.4. The van der Waals surface area contributed by atoms with Gasteiger partial charge in [-0.05, 0) is 56.9 Å². The number of allylic oxidation sites excluding steroid dienone is 1. The van der Waals surface area contributed by atoms with Crippen LogP contribution < -0.4 is 5.32 Å². The Balaban J connectivity index is 2.13. The number of aliphatic hydroxyl groups excluding tert-OH is 1. The van der Waals surface area contributed by atoms with E-state index >= 15 is 0 Å². The standard InChI is InChI=1S/C18H24FNO3/c1-18(2,3)23-17(22)20-16-6-4-5-14(15(16)11-21)12-7-9-13(19)10-8-12/h5,7-10,15-16,21H,4,6,11H2,1-3H3,(H,20,22)/t15-,16-/m0/s1. The van der Waals surface area contributed by atoms with E-state index in [0.717, 1.165) is 24.0 Å². The third-order valence-electron chi connectivity index (χ3n) is 3.80. The summed E-state index contributed by atoms with van der Waals surface area (Å²) in [5, 5.41) is 12.6. The molecule has 0 fully saturated rings. The van der Waals surface area contributed by atoms with Crippen molar-refractivity contribution in [1.29, 1.82) is 0 Å². The minimum atomic E-state index is -0.566. The molecule has 0 saturated heterocycles. The van der Waals surface area contributed by atoms with Crippen molar-refractivity contribution < 1.29 is 19.0 Å². The normalized spacial score (nSPS) is 21.5. The first-order valence-corrected chi connectivity index (χ1v) is 7.86. The van der Waals surface area contributed by atoms with Gasteiger partial charge in [-0.2, -0.15) is 0 Å². The molecule has 0 heterocycles. The molecule has 0 saturated carbocycles. The van der Waals surface area contributed by atoms with Crippen LogP contribution in [0.15, 0.2) is 30.3 Å². The quantitative estimate of drug-likeness (QED) is 0.896. The fraction of sp³-hybridized carbons (Fsp3) is 0.500. The molecular formula is C18H24FNO3. The molecule has 2 rings (SSSR count). The van der Waals surface area contributed by atoms with E-state index in [1.807, 2.05) is 6.08 Å². The van der Waals surface area contributed by atoms with Gasteiger partial charge in [-0.3, -0.25) is 0 Å². The summed E-state index contributed by atoms with van der Waals surface area (Å²) in [6.45, 7) is 5.33. The Morgan fingerprint density at radius 3 is 2.57 bits per heavy atom. The molecule has 4 nitrogen and oxygen atoms in total. The fourth-order valence-corrected chi connectivity index (χ4v) is 2.82. The Labute approximate surface area is 136 Å². The molecule has 1 aromatic carbocycles. The summed E-state index contributed by atoms with van der Waals surface area (Å²) in [4.78, 5) is 12.0. The lowest BCUT2D eigenvalue weighted by Gasteiger charge is -2.33. The number of halogens is 1. The van der Waals surface area contributed by atoms with Gasteiger partial charge in [0.2, 0.25) is 0 Å². The molecule has 1 aliphatic carbocycles. The largest absolute Gasteiger partial charge is 0.444 e. The zero-order valence-corrected chi connectivity index (χ0v) is 13.8. The van der Waals surface area contributed by atoms with Crippen molar-refractivity contribution in [3.8, 4) is 0 Å². The molecule has 2 atom stereocenters. The number of benzene rings is 1. The molecule has 1 aromatic rings. The number of hydrogen-bond acceptors (Lipinski definition) is 3. The topological polar surface area (TPSA) is 58.6 Å². The molecule has 5 heteroatoms. The number of rotatable bonds is 3. The molecule has 1 aliphatic rings. The molecule has 0 spiro atoms. The van der Waals surface area contributed by atoms with Crippen LogP contribution in [0.1, 0.15) is 39.2 Å². The van der Waals surface area contributed by atoms with Crippen molar-refractivity contribution in [2.75, 3.05) is 6.61 Å². The van der Waals surface area contributed by atoms with E-state index in [1.54, 1.807) is 32.9 Å². The van der Waals surface area contributed by atoms with E-state index < -0.39 is 11.7 Å². The highest BCUT2D eigenvalue weighted by atomic mass is 19.1. The number of ether oxygens (including phenoxy) is 1. The predicted molar refractivity (Wildman–Crippen MR) is 87.3 cm³/mol. The fourth-order valence-electron chi connectivity index (χ4n) is 2.82. The monoisotopic (exact) mass is 321 g/mol. The van der Waals surface area contributed by atoms with Gasteiger partial charge in [0.15, 0.2) is 0 Å². The van der Waals surface area contributed by atoms with Crippen molar-refractivity contribution in [3.63, 3.8) is 0 Å². The summed E-state index contributed by atoms with van der Waals surface area (Å²) in [5.41, 5.74) is 1.23. The minimum Gasteiger partial charge on any atom is -0.444 e. The number of carbonyl (C=O) groups excluding carboxylic acids is 1. The van der Waals surface area contributed by atoms with Crippen LogP contribution in [0.2, 0.25) is 0 Å². The van der Waals surface area contributed by atoms with Gasteiger partial charge in [-0.1, -0.05) is 18.2 Å². The summed E-state index contributed by atoms with van der Waals surface area (Å²) in [7, 11) is 0. The van der Waals surface area contributed by atoms with E-state index in [4.69, 9.17) is 4.74 Å². The Morgan fingerprint density at radius 1 is 1.35 bits per heavy atom.